The summed E-state index contributed by atoms with van der Waals surface area (Å²) in [7, 11) is 0. The van der Waals surface area contributed by atoms with E-state index in [2.05, 4.69) is 374 Å². The average Bonchev–Trinajstić information content (AvgIpc) is 0.932. The average molecular weight is 1420 g/mol. The van der Waals surface area contributed by atoms with Crippen molar-refractivity contribution in [3.63, 3.8) is 0 Å². The fourth-order valence-corrected chi connectivity index (χ4v) is 19.6. The number of fused-ring (bicyclic) bond motifs is 8. The highest BCUT2D eigenvalue weighted by atomic mass is 14.8. The summed E-state index contributed by atoms with van der Waals surface area (Å²) < 4.78 is 0. The van der Waals surface area contributed by atoms with Crippen molar-refractivity contribution < 1.29 is 0 Å². The van der Waals surface area contributed by atoms with Gasteiger partial charge in [-0.15, -0.1) is 0 Å². The van der Waals surface area contributed by atoms with E-state index in [1.165, 1.54) is 152 Å². The Morgan fingerprint density at radius 1 is 0.152 bits per heavy atom. The van der Waals surface area contributed by atoms with Gasteiger partial charge in [-0.05, 0) is 245 Å². The van der Waals surface area contributed by atoms with Crippen LogP contribution in [0.15, 0.2) is 340 Å². The minimum atomic E-state index is 0.852. The number of hydrogen-bond acceptors (Lipinski definition) is 2. The number of hydrogen-bond donors (Lipinski definition) is 2. The van der Waals surface area contributed by atoms with E-state index in [1.54, 1.807) is 0 Å². The van der Waals surface area contributed by atoms with Crippen LogP contribution < -0.4 is 0 Å². The molecule has 4 heteroatoms. The number of aromatic amines is 2. The van der Waals surface area contributed by atoms with Gasteiger partial charge in [0.15, 0.2) is 0 Å². The third kappa shape index (κ3) is 9.06. The van der Waals surface area contributed by atoms with E-state index >= 15 is 0 Å². The Labute approximate surface area is 642 Å². The molecule has 0 amide bonds. The summed E-state index contributed by atoms with van der Waals surface area (Å²) in [5, 5.41) is 30.5. The van der Waals surface area contributed by atoms with Crippen LogP contribution in [0.1, 0.15) is 22.8 Å². The molecule has 20 aromatic carbocycles. The second kappa shape index (κ2) is 23.3. The van der Waals surface area contributed by atoms with Crippen molar-refractivity contribution in [2.45, 2.75) is 0 Å². The van der Waals surface area contributed by atoms with Gasteiger partial charge in [-0.25, -0.2) is 9.97 Å². The van der Waals surface area contributed by atoms with Crippen LogP contribution in [0.3, 0.4) is 0 Å². The zero-order valence-corrected chi connectivity index (χ0v) is 60.5. The molecule has 2 aliphatic heterocycles. The third-order valence-corrected chi connectivity index (χ3v) is 24.8. The number of rotatable bonds is 8. The summed E-state index contributed by atoms with van der Waals surface area (Å²) in [6.45, 7) is 0. The molecule has 23 aromatic rings. The first-order valence-corrected chi connectivity index (χ1v) is 38.7. The van der Waals surface area contributed by atoms with Gasteiger partial charge in [0.05, 0.1) is 22.8 Å². The lowest BCUT2D eigenvalue weighted by Gasteiger charge is -2.15. The van der Waals surface area contributed by atoms with Gasteiger partial charge in [0.2, 0.25) is 0 Å². The van der Waals surface area contributed by atoms with E-state index in [-0.39, 0.29) is 0 Å². The molecule has 4 nitrogen and oxygen atoms in total. The predicted molar refractivity (Wildman–Crippen MR) is 477 cm³/mol. The van der Waals surface area contributed by atoms with Crippen molar-refractivity contribution in [1.82, 2.24) is 19.9 Å². The van der Waals surface area contributed by atoms with Gasteiger partial charge in [-0.3, -0.25) is 0 Å². The minimum Gasteiger partial charge on any atom is -0.354 e. The number of benzene rings is 20. The van der Waals surface area contributed by atoms with E-state index < -0.39 is 0 Å². The quantitative estimate of drug-likeness (QED) is 0.149. The maximum atomic E-state index is 5.86. The van der Waals surface area contributed by atoms with Crippen LogP contribution in [0.5, 0.6) is 0 Å². The molecule has 2 N–H and O–H groups in total. The smallest absolute Gasteiger partial charge is 0.0737 e. The molecule has 514 valence electrons. The molecule has 0 saturated carbocycles. The lowest BCUT2D eigenvalue weighted by molar-refractivity contribution is 1.31. The van der Waals surface area contributed by atoms with Crippen LogP contribution in [-0.2, 0) is 0 Å². The zero-order chi connectivity index (χ0) is 73.0. The van der Waals surface area contributed by atoms with Gasteiger partial charge >= 0.3 is 0 Å². The molecule has 5 heterocycles. The molecule has 25 rings (SSSR count). The first-order chi connectivity index (χ1) is 55.5. The van der Waals surface area contributed by atoms with Crippen LogP contribution >= 0.6 is 0 Å². The van der Waals surface area contributed by atoms with Crippen LogP contribution in [0, 0.1) is 0 Å². The Kier molecular flexibility index (Phi) is 12.8. The van der Waals surface area contributed by atoms with Gasteiger partial charge in [0, 0.05) is 44.3 Å². The monoisotopic (exact) mass is 1410 g/mol. The van der Waals surface area contributed by atoms with Crippen LogP contribution in [0.25, 0.3) is 265 Å². The Morgan fingerprint density at radius 2 is 0.330 bits per heavy atom. The maximum Gasteiger partial charge on any atom is 0.0737 e. The number of nitrogens with one attached hydrogen (secondary N) is 2. The summed E-state index contributed by atoms with van der Waals surface area (Å²) in [6, 6.07) is 127. The molecule has 0 saturated heterocycles. The highest BCUT2D eigenvalue weighted by molar-refractivity contribution is 6.29. The normalized spacial score (nSPS) is 12.6. The summed E-state index contributed by atoms with van der Waals surface area (Å²) in [4.78, 5) is 19.9. The van der Waals surface area contributed by atoms with E-state index in [0.29, 0.717) is 0 Å². The fourth-order valence-electron chi connectivity index (χ4n) is 19.6. The lowest BCUT2D eigenvalue weighted by Crippen LogP contribution is -1.91. The van der Waals surface area contributed by atoms with Crippen LogP contribution in [0.4, 0.5) is 0 Å². The SMILES string of the molecule is C1=Cc2nc1c(-c1ccc(-c3ccc4ccc5cccc6ccc3c4c56)cc1)c1ccc([nH]1)c(-c1ccc(-c3ccc4ccc5cccc6ccc3c4c56)cc1)c1nc(c(-c3ccc(-c4ccc5ccc6cccc7ccc4c5c67)cc3)c3ccc([nH]3)c2-c2ccc(-c3ccc4ccc5cccc6ccc3c4c56)cc2)C=C1. The lowest BCUT2D eigenvalue weighted by atomic mass is 9.89. The molecule has 3 aromatic heterocycles. The number of nitrogens with zero attached hydrogens (tertiary/aromatic N) is 2. The number of H-pyrrole nitrogens is 2. The second-order valence-corrected chi connectivity index (χ2v) is 30.7. The molecular weight excluding hydrogens is 1350 g/mol. The standard InChI is InChI=1S/C108H62N4/c1-5-65-29-33-73-37-45-81(85-49-41-69(9-1)97(65)101(73)85)61-13-21-77(22-14-61)105-89-53-55-91(109-89)106(78-23-15-62(16-24-78)82-46-38-74-34-30-66-6-2-10-70-42-50-86(82)102(74)98(66)70)93-57-59-95(111-93)108(80-27-19-64(20-28-80)84-48-40-76-36-32-68-8-4-12-72-44-52-88(84)104(76)100(68)72)96-60-58-94(112-96)107(92-56-54-90(105)110-92)79-25-17-63(18-26-79)83-47-39-75-35-31-67-7-3-11-71-43-51-87(83)103(75)99(67)71/h1-60,109,112H. The van der Waals surface area contributed by atoms with E-state index in [4.69, 9.17) is 9.97 Å². The second-order valence-electron chi connectivity index (χ2n) is 30.7. The van der Waals surface area contributed by atoms with Gasteiger partial charge < -0.3 is 9.97 Å². The highest BCUT2D eigenvalue weighted by Crippen LogP contribution is 2.48. The molecule has 0 fully saturated rings. The molecule has 0 radical (unpaired) electrons. The van der Waals surface area contributed by atoms with E-state index in [9.17, 15) is 0 Å². The highest BCUT2D eigenvalue weighted by Gasteiger charge is 2.24. The van der Waals surface area contributed by atoms with Crippen molar-refractivity contribution in [2.24, 2.45) is 0 Å². The van der Waals surface area contributed by atoms with Crippen molar-refractivity contribution >= 4 is 176 Å². The van der Waals surface area contributed by atoms with Crippen molar-refractivity contribution in [1.29, 1.82) is 0 Å². The number of aromatic nitrogens is 4. The fraction of sp³-hybridized carbons (Fsp3) is 0. The summed E-state index contributed by atoms with van der Waals surface area (Å²) in [5.41, 5.74) is 24.7. The summed E-state index contributed by atoms with van der Waals surface area (Å²) >= 11 is 0. The van der Waals surface area contributed by atoms with Crippen LogP contribution in [0.2, 0.25) is 0 Å². The van der Waals surface area contributed by atoms with Crippen molar-refractivity contribution in [2.75, 3.05) is 0 Å². The molecule has 0 unspecified atom stereocenters. The van der Waals surface area contributed by atoms with Gasteiger partial charge in [0.1, 0.15) is 0 Å². The Balaban J connectivity index is 0.711. The first-order valence-electron chi connectivity index (χ1n) is 38.7. The van der Waals surface area contributed by atoms with E-state index in [1.807, 2.05) is 0 Å². The minimum absolute atomic E-state index is 0.852. The molecule has 0 atom stereocenters. The molecule has 112 heavy (non-hydrogen) atoms. The summed E-state index contributed by atoms with van der Waals surface area (Å²) in [5.74, 6) is 0. The molecule has 0 spiro atoms. The molecule has 8 bridgehead atoms. The van der Waals surface area contributed by atoms with Gasteiger partial charge in [0.25, 0.3) is 0 Å². The molecular formula is C108H62N4. The predicted octanol–water partition coefficient (Wildman–Crippen LogP) is 29.6. The maximum absolute atomic E-state index is 5.86. The largest absolute Gasteiger partial charge is 0.354 e. The summed E-state index contributed by atoms with van der Waals surface area (Å²) in [6.07, 6.45) is 8.86. The van der Waals surface area contributed by atoms with Gasteiger partial charge in [-0.1, -0.05) is 315 Å². The van der Waals surface area contributed by atoms with Crippen LogP contribution in [-0.4, -0.2) is 19.9 Å². The Bertz CT molecular complexity index is 7170. The Hall–Kier alpha value is -14.8. The van der Waals surface area contributed by atoms with E-state index in [0.717, 1.165) is 112 Å². The Morgan fingerprint density at radius 3 is 0.545 bits per heavy atom. The topological polar surface area (TPSA) is 57.4 Å². The van der Waals surface area contributed by atoms with Gasteiger partial charge in [-0.2, -0.15) is 0 Å². The van der Waals surface area contributed by atoms with Crippen molar-refractivity contribution in [3.05, 3.63) is 362 Å². The zero-order valence-electron chi connectivity index (χ0n) is 60.5. The molecule has 0 aliphatic carbocycles. The van der Waals surface area contributed by atoms with Crippen molar-refractivity contribution in [3.8, 4) is 89.0 Å². The third-order valence-electron chi connectivity index (χ3n) is 24.8. The first kappa shape index (κ1) is 61.2. The molecule has 2 aliphatic rings.